The van der Waals surface area contributed by atoms with Gasteiger partial charge in [-0.15, -0.1) is 24.0 Å². The summed E-state index contributed by atoms with van der Waals surface area (Å²) in [6.45, 7) is 3.61. The zero-order valence-electron chi connectivity index (χ0n) is 13.1. The third-order valence-corrected chi connectivity index (χ3v) is 3.13. The van der Waals surface area contributed by atoms with Crippen LogP contribution in [0.1, 0.15) is 12.5 Å². The first-order valence-corrected chi connectivity index (χ1v) is 7.01. The molecule has 0 aromatic heterocycles. The first-order chi connectivity index (χ1) is 10.0. The lowest BCUT2D eigenvalue weighted by molar-refractivity contribution is -0.130. The molecule has 1 heterocycles. The Morgan fingerprint density at radius 3 is 2.91 bits per heavy atom. The maximum absolute atomic E-state index is 11.5. The van der Waals surface area contributed by atoms with Gasteiger partial charge in [-0.3, -0.25) is 9.79 Å². The van der Waals surface area contributed by atoms with Crippen molar-refractivity contribution in [2.24, 2.45) is 4.99 Å². The summed E-state index contributed by atoms with van der Waals surface area (Å²) >= 11 is 0. The molecule has 0 saturated heterocycles. The molecule has 1 unspecified atom stereocenters. The van der Waals surface area contributed by atoms with E-state index < -0.39 is 0 Å². The number of halogens is 1. The molecule has 0 aliphatic carbocycles. The molecule has 1 aromatic carbocycles. The van der Waals surface area contributed by atoms with Crippen LogP contribution in [0, 0.1) is 0 Å². The van der Waals surface area contributed by atoms with E-state index in [0.29, 0.717) is 18.3 Å². The Morgan fingerprint density at radius 2 is 2.27 bits per heavy atom. The molecule has 7 heteroatoms. The maximum atomic E-state index is 11.5. The average Bonchev–Trinajstić information content (AvgIpc) is 2.88. The molecule has 1 aliphatic heterocycles. The minimum absolute atomic E-state index is 0. The van der Waals surface area contributed by atoms with Gasteiger partial charge in [-0.25, -0.2) is 0 Å². The molecule has 0 bridgehead atoms. The van der Waals surface area contributed by atoms with Crippen LogP contribution in [0.15, 0.2) is 29.3 Å². The second kappa shape index (κ2) is 8.82. The van der Waals surface area contributed by atoms with Crippen molar-refractivity contribution in [2.45, 2.75) is 19.5 Å². The summed E-state index contributed by atoms with van der Waals surface area (Å²) in [6, 6.07) is 8.08. The summed E-state index contributed by atoms with van der Waals surface area (Å²) in [5.74, 6) is 1.47. The smallest absolute Gasteiger partial charge is 0.259 e. The van der Waals surface area contributed by atoms with Crippen molar-refractivity contribution in [3.8, 4) is 5.75 Å². The molecule has 0 radical (unpaired) electrons. The molecule has 1 aromatic rings. The Hall–Kier alpha value is -1.51. The van der Waals surface area contributed by atoms with Gasteiger partial charge in [-0.2, -0.15) is 0 Å². The number of ether oxygens (including phenoxy) is 1. The lowest BCUT2D eigenvalue weighted by atomic mass is 10.2. The van der Waals surface area contributed by atoms with Crippen LogP contribution in [0.25, 0.3) is 0 Å². The Morgan fingerprint density at radius 1 is 1.50 bits per heavy atom. The van der Waals surface area contributed by atoms with Gasteiger partial charge in [-0.05, 0) is 24.6 Å². The number of nitrogens with zero attached hydrogens (tertiary/aromatic N) is 2. The fraction of sp³-hybridized carbons (Fsp3) is 0.467. The van der Waals surface area contributed by atoms with E-state index in [-0.39, 0.29) is 36.5 Å². The van der Waals surface area contributed by atoms with Gasteiger partial charge in [0.2, 0.25) is 0 Å². The van der Waals surface area contributed by atoms with Crippen molar-refractivity contribution in [3.63, 3.8) is 0 Å². The van der Waals surface area contributed by atoms with E-state index in [1.54, 1.807) is 14.1 Å². The number of carbonyl (C=O) groups is 1. The maximum Gasteiger partial charge on any atom is 0.259 e. The Balaban J connectivity index is 0.00000242. The predicted molar refractivity (Wildman–Crippen MR) is 97.8 cm³/mol. The molecule has 2 N–H and O–H groups in total. The summed E-state index contributed by atoms with van der Waals surface area (Å²) in [7, 11) is 3.42. The molecular formula is C15H23IN4O2. The highest BCUT2D eigenvalue weighted by atomic mass is 127. The molecular weight excluding hydrogens is 395 g/mol. The van der Waals surface area contributed by atoms with Crippen LogP contribution < -0.4 is 15.4 Å². The van der Waals surface area contributed by atoms with Gasteiger partial charge in [0.25, 0.3) is 5.91 Å². The highest BCUT2D eigenvalue weighted by molar-refractivity contribution is 14.0. The topological polar surface area (TPSA) is 66.0 Å². The van der Waals surface area contributed by atoms with Crippen molar-refractivity contribution in [1.29, 1.82) is 0 Å². The number of hydrogen-bond donors (Lipinski definition) is 2. The molecule has 1 aliphatic rings. The first kappa shape index (κ1) is 18.5. The average molecular weight is 418 g/mol. The zero-order chi connectivity index (χ0) is 15.2. The van der Waals surface area contributed by atoms with Crippen molar-refractivity contribution in [3.05, 3.63) is 29.8 Å². The van der Waals surface area contributed by atoms with E-state index in [2.05, 4.69) is 22.5 Å². The van der Waals surface area contributed by atoms with Crippen molar-refractivity contribution in [1.82, 2.24) is 15.5 Å². The van der Waals surface area contributed by atoms with Crippen LogP contribution in [0.4, 0.5) is 0 Å². The van der Waals surface area contributed by atoms with E-state index in [4.69, 9.17) is 4.74 Å². The quantitative estimate of drug-likeness (QED) is 0.706. The van der Waals surface area contributed by atoms with Crippen LogP contribution in [-0.2, 0) is 11.3 Å². The van der Waals surface area contributed by atoms with Crippen molar-refractivity contribution >= 4 is 35.8 Å². The SMILES string of the molecule is CC1CN=C(NCc2cccc(OCC(=O)N(C)C)c2)N1.I. The molecule has 0 spiro atoms. The lowest BCUT2D eigenvalue weighted by Crippen LogP contribution is -2.37. The van der Waals surface area contributed by atoms with Gasteiger partial charge in [0, 0.05) is 26.7 Å². The summed E-state index contributed by atoms with van der Waals surface area (Å²) < 4.78 is 5.49. The van der Waals surface area contributed by atoms with Crippen LogP contribution in [0.2, 0.25) is 0 Å². The third-order valence-electron chi connectivity index (χ3n) is 3.13. The van der Waals surface area contributed by atoms with E-state index in [0.717, 1.165) is 18.1 Å². The molecule has 1 amide bonds. The van der Waals surface area contributed by atoms with E-state index in [9.17, 15) is 4.79 Å². The highest BCUT2D eigenvalue weighted by Gasteiger charge is 2.11. The normalized spacial score (nSPS) is 16.1. The first-order valence-electron chi connectivity index (χ1n) is 7.01. The van der Waals surface area contributed by atoms with Gasteiger partial charge in [0.1, 0.15) is 5.75 Å². The Bertz CT molecular complexity index is 534. The van der Waals surface area contributed by atoms with Crippen LogP contribution in [-0.4, -0.2) is 50.1 Å². The van der Waals surface area contributed by atoms with Crippen molar-refractivity contribution in [2.75, 3.05) is 27.2 Å². The summed E-state index contributed by atoms with van der Waals surface area (Å²) in [4.78, 5) is 17.4. The summed E-state index contributed by atoms with van der Waals surface area (Å²) in [6.07, 6.45) is 0. The molecule has 6 nitrogen and oxygen atoms in total. The van der Waals surface area contributed by atoms with Crippen molar-refractivity contribution < 1.29 is 9.53 Å². The second-order valence-electron chi connectivity index (χ2n) is 5.31. The summed E-state index contributed by atoms with van der Waals surface area (Å²) in [5.41, 5.74) is 1.08. The summed E-state index contributed by atoms with van der Waals surface area (Å²) in [5, 5.41) is 6.50. The number of aliphatic imine (C=N–C) groups is 1. The second-order valence-corrected chi connectivity index (χ2v) is 5.31. The Labute approximate surface area is 148 Å². The van der Waals surface area contributed by atoms with Crippen LogP contribution in [0.5, 0.6) is 5.75 Å². The monoisotopic (exact) mass is 418 g/mol. The lowest BCUT2D eigenvalue weighted by Gasteiger charge is -2.12. The van der Waals surface area contributed by atoms with E-state index in [1.807, 2.05) is 24.3 Å². The van der Waals surface area contributed by atoms with Gasteiger partial charge in [0.05, 0.1) is 6.54 Å². The molecule has 1 atom stereocenters. The third kappa shape index (κ3) is 5.70. The zero-order valence-corrected chi connectivity index (χ0v) is 15.5. The molecule has 0 saturated carbocycles. The van der Waals surface area contributed by atoms with Gasteiger partial charge in [0.15, 0.2) is 12.6 Å². The van der Waals surface area contributed by atoms with Crippen LogP contribution >= 0.6 is 24.0 Å². The number of likely N-dealkylation sites (N-methyl/N-ethyl adjacent to an activating group) is 1. The molecule has 0 fully saturated rings. The van der Waals surface area contributed by atoms with Gasteiger partial charge < -0.3 is 20.3 Å². The minimum atomic E-state index is -0.0583. The standard InChI is InChI=1S/C15H22N4O2.HI/c1-11-8-16-15(18-11)17-9-12-5-4-6-13(7-12)21-10-14(20)19(2)3;/h4-7,11H,8-10H2,1-3H3,(H2,16,17,18);1H. The number of hydrogen-bond acceptors (Lipinski definition) is 5. The van der Waals surface area contributed by atoms with E-state index in [1.165, 1.54) is 4.90 Å². The van der Waals surface area contributed by atoms with E-state index >= 15 is 0 Å². The number of carbonyl (C=O) groups excluding carboxylic acids is 1. The minimum Gasteiger partial charge on any atom is -0.484 e. The highest BCUT2D eigenvalue weighted by Crippen LogP contribution is 2.13. The molecule has 122 valence electrons. The number of guanidine groups is 1. The Kier molecular flexibility index (Phi) is 7.43. The predicted octanol–water partition coefficient (Wildman–Crippen LogP) is 1.21. The molecule has 22 heavy (non-hydrogen) atoms. The fourth-order valence-electron chi connectivity index (χ4n) is 1.87. The molecule has 2 rings (SSSR count). The fourth-order valence-corrected chi connectivity index (χ4v) is 1.87. The van der Waals surface area contributed by atoms with Gasteiger partial charge in [-0.1, -0.05) is 12.1 Å². The number of amides is 1. The van der Waals surface area contributed by atoms with Gasteiger partial charge >= 0.3 is 0 Å². The number of benzene rings is 1. The number of rotatable bonds is 5. The van der Waals surface area contributed by atoms with Crippen LogP contribution in [0.3, 0.4) is 0 Å². The number of nitrogens with one attached hydrogen (secondary N) is 2. The largest absolute Gasteiger partial charge is 0.484 e.